The van der Waals surface area contributed by atoms with Gasteiger partial charge in [0.2, 0.25) is 17.7 Å². The van der Waals surface area contributed by atoms with Crippen molar-refractivity contribution < 1.29 is 24.0 Å². The summed E-state index contributed by atoms with van der Waals surface area (Å²) < 4.78 is 0. The lowest BCUT2D eigenvalue weighted by Crippen LogP contribution is -2.54. The average molecular weight is 548 g/mol. The SMILES string of the molecule is CCCCCCCCCCCCNC(=O)NC(CC(N)=O)C(=O)N[C@H]1/C=C/CCNC(=O)/C=C/[C@H](C)CC1=O. The standard InChI is InChI=1S/C29H49N5O5/c1-3-4-5-6-7-8-9-10-11-13-19-32-29(39)34-24(21-26(30)36)28(38)33-23-15-12-14-18-31-27(37)17-16-22(2)20-25(23)35/h12,15-17,22-24H,3-11,13-14,18-21H2,1-2H3,(H2,30,36)(H,31,37)(H,33,38)(H2,32,34,39)/b15-12+,17-16+/t22-,23-,24?/m0/s1. The number of nitrogens with two attached hydrogens (primary N) is 1. The zero-order valence-corrected chi connectivity index (χ0v) is 23.8. The third-order valence-electron chi connectivity index (χ3n) is 6.53. The molecule has 0 aromatic rings. The highest BCUT2D eigenvalue weighted by Crippen LogP contribution is 2.11. The summed E-state index contributed by atoms with van der Waals surface area (Å²) in [5, 5.41) is 10.6. The number of nitrogens with one attached hydrogen (secondary N) is 4. The first-order chi connectivity index (χ1) is 18.7. The summed E-state index contributed by atoms with van der Waals surface area (Å²) >= 11 is 0. The highest BCUT2D eigenvalue weighted by atomic mass is 16.2. The van der Waals surface area contributed by atoms with Crippen LogP contribution in [0, 0.1) is 5.92 Å². The number of hydrogen-bond donors (Lipinski definition) is 5. The van der Waals surface area contributed by atoms with Gasteiger partial charge < -0.3 is 27.0 Å². The molecule has 0 spiro atoms. The van der Waals surface area contributed by atoms with Crippen molar-refractivity contribution in [1.29, 1.82) is 0 Å². The Kier molecular flexibility index (Phi) is 18.0. The second-order valence-corrected chi connectivity index (χ2v) is 10.3. The van der Waals surface area contributed by atoms with E-state index >= 15 is 0 Å². The molecule has 1 aliphatic heterocycles. The Labute approximate surface area is 233 Å². The van der Waals surface area contributed by atoms with E-state index in [0.29, 0.717) is 19.5 Å². The maximum absolute atomic E-state index is 13.0. The molecule has 0 bridgehead atoms. The van der Waals surface area contributed by atoms with Gasteiger partial charge in [-0.25, -0.2) is 4.79 Å². The molecule has 1 aliphatic rings. The number of ketones is 1. The van der Waals surface area contributed by atoms with Crippen LogP contribution in [0.4, 0.5) is 4.79 Å². The number of allylic oxidation sites excluding steroid dienone is 1. The minimum atomic E-state index is -1.21. The van der Waals surface area contributed by atoms with Gasteiger partial charge >= 0.3 is 6.03 Å². The van der Waals surface area contributed by atoms with Crippen molar-refractivity contribution in [2.45, 2.75) is 109 Å². The monoisotopic (exact) mass is 547 g/mol. The summed E-state index contributed by atoms with van der Waals surface area (Å²) in [6.45, 7) is 4.85. The number of carbonyl (C=O) groups excluding carboxylic acids is 5. The van der Waals surface area contributed by atoms with E-state index in [1.54, 1.807) is 25.2 Å². The Morgan fingerprint density at radius 2 is 1.64 bits per heavy atom. The number of Topliss-reactive ketones (excluding diaryl/α,β-unsaturated/α-hetero) is 1. The van der Waals surface area contributed by atoms with E-state index in [2.05, 4.69) is 28.2 Å². The molecule has 220 valence electrons. The summed E-state index contributed by atoms with van der Waals surface area (Å²) in [7, 11) is 0. The summed E-state index contributed by atoms with van der Waals surface area (Å²) in [5.74, 6) is -2.11. The van der Waals surface area contributed by atoms with E-state index in [-0.39, 0.29) is 24.0 Å². The molecule has 0 fully saturated rings. The zero-order chi connectivity index (χ0) is 28.9. The number of unbranched alkanes of at least 4 members (excludes halogenated alkanes) is 9. The van der Waals surface area contributed by atoms with Gasteiger partial charge in [-0.1, -0.05) is 89.9 Å². The van der Waals surface area contributed by atoms with Crippen molar-refractivity contribution in [3.8, 4) is 0 Å². The van der Waals surface area contributed by atoms with Gasteiger partial charge in [0.05, 0.1) is 6.42 Å². The molecular formula is C29H49N5O5. The van der Waals surface area contributed by atoms with Crippen LogP contribution in [-0.4, -0.2) is 54.7 Å². The van der Waals surface area contributed by atoms with Crippen LogP contribution < -0.4 is 27.0 Å². The molecule has 10 heteroatoms. The van der Waals surface area contributed by atoms with Crippen LogP contribution in [0.5, 0.6) is 0 Å². The maximum Gasteiger partial charge on any atom is 0.315 e. The fourth-order valence-corrected chi connectivity index (χ4v) is 4.26. The lowest BCUT2D eigenvalue weighted by molar-refractivity contribution is -0.129. The number of primary amides is 1. The summed E-state index contributed by atoms with van der Waals surface area (Å²) in [5.41, 5.74) is 5.31. The van der Waals surface area contributed by atoms with Crippen LogP contribution in [0.3, 0.4) is 0 Å². The van der Waals surface area contributed by atoms with E-state index in [4.69, 9.17) is 5.73 Å². The largest absolute Gasteiger partial charge is 0.370 e. The van der Waals surface area contributed by atoms with E-state index in [1.165, 1.54) is 51.0 Å². The highest BCUT2D eigenvalue weighted by Gasteiger charge is 2.27. The van der Waals surface area contributed by atoms with Gasteiger partial charge in [0, 0.05) is 19.5 Å². The molecule has 1 heterocycles. The Hall–Kier alpha value is -3.17. The third-order valence-corrected chi connectivity index (χ3v) is 6.53. The van der Waals surface area contributed by atoms with Gasteiger partial charge in [-0.3, -0.25) is 19.2 Å². The van der Waals surface area contributed by atoms with Crippen molar-refractivity contribution in [2.24, 2.45) is 11.7 Å². The Morgan fingerprint density at radius 3 is 2.28 bits per heavy atom. The highest BCUT2D eigenvalue weighted by molar-refractivity contribution is 5.96. The molecule has 0 saturated heterocycles. The quantitative estimate of drug-likeness (QED) is 0.148. The Morgan fingerprint density at radius 1 is 1.00 bits per heavy atom. The molecule has 1 rings (SSSR count). The minimum Gasteiger partial charge on any atom is -0.370 e. The molecule has 0 aliphatic carbocycles. The van der Waals surface area contributed by atoms with Crippen molar-refractivity contribution in [1.82, 2.24) is 21.3 Å². The van der Waals surface area contributed by atoms with Gasteiger partial charge in [-0.15, -0.1) is 0 Å². The van der Waals surface area contributed by atoms with Gasteiger partial charge in [-0.2, -0.15) is 0 Å². The summed E-state index contributed by atoms with van der Waals surface area (Å²) in [4.78, 5) is 61.5. The fraction of sp³-hybridized carbons (Fsp3) is 0.690. The van der Waals surface area contributed by atoms with Crippen molar-refractivity contribution >= 4 is 29.5 Å². The first-order valence-electron chi connectivity index (χ1n) is 14.5. The molecule has 3 atom stereocenters. The molecule has 5 amide bonds. The molecule has 6 N–H and O–H groups in total. The maximum atomic E-state index is 13.0. The first-order valence-corrected chi connectivity index (χ1v) is 14.5. The van der Waals surface area contributed by atoms with Gasteiger partial charge in [0.25, 0.3) is 0 Å². The van der Waals surface area contributed by atoms with Crippen LogP contribution >= 0.6 is 0 Å². The lowest BCUT2D eigenvalue weighted by Gasteiger charge is -2.21. The number of urea groups is 1. The number of amides is 5. The van der Waals surface area contributed by atoms with Crippen molar-refractivity contribution in [2.75, 3.05) is 13.1 Å². The first kappa shape index (κ1) is 33.9. The van der Waals surface area contributed by atoms with Crippen LogP contribution in [0.1, 0.15) is 97.3 Å². The van der Waals surface area contributed by atoms with Crippen molar-refractivity contribution in [3.63, 3.8) is 0 Å². The summed E-state index contributed by atoms with van der Waals surface area (Å²) in [6, 6.07) is -2.72. The fourth-order valence-electron chi connectivity index (χ4n) is 4.26. The van der Waals surface area contributed by atoms with Crippen LogP contribution in [0.2, 0.25) is 0 Å². The Balaban J connectivity index is 2.53. The van der Waals surface area contributed by atoms with Crippen molar-refractivity contribution in [3.05, 3.63) is 24.3 Å². The van der Waals surface area contributed by atoms with Crippen LogP contribution in [0.15, 0.2) is 24.3 Å². The molecule has 0 radical (unpaired) electrons. The molecule has 1 unspecified atom stereocenters. The summed E-state index contributed by atoms with van der Waals surface area (Å²) in [6.07, 6.45) is 18.3. The minimum absolute atomic E-state index is 0.103. The molecule has 10 nitrogen and oxygen atoms in total. The smallest absolute Gasteiger partial charge is 0.315 e. The average Bonchev–Trinajstić information content (AvgIpc) is 2.88. The molecule has 0 aromatic carbocycles. The normalized spacial score (nSPS) is 20.5. The Bertz CT molecular complexity index is 842. The van der Waals surface area contributed by atoms with Gasteiger partial charge in [0.1, 0.15) is 12.1 Å². The molecule has 39 heavy (non-hydrogen) atoms. The van der Waals surface area contributed by atoms with E-state index < -0.39 is 36.3 Å². The zero-order valence-electron chi connectivity index (χ0n) is 23.8. The predicted octanol–water partition coefficient (Wildman–Crippen LogP) is 3.16. The molecular weight excluding hydrogens is 498 g/mol. The molecule has 0 aromatic heterocycles. The second-order valence-electron chi connectivity index (χ2n) is 10.3. The van der Waals surface area contributed by atoms with E-state index in [9.17, 15) is 24.0 Å². The van der Waals surface area contributed by atoms with E-state index in [0.717, 1.165) is 19.3 Å². The van der Waals surface area contributed by atoms with Crippen LogP contribution in [0.25, 0.3) is 0 Å². The second kappa shape index (κ2) is 20.7. The molecule has 0 saturated carbocycles. The van der Waals surface area contributed by atoms with Gasteiger partial charge in [-0.05, 0) is 24.8 Å². The number of rotatable bonds is 16. The lowest BCUT2D eigenvalue weighted by atomic mass is 9.98. The van der Waals surface area contributed by atoms with Crippen LogP contribution in [-0.2, 0) is 19.2 Å². The van der Waals surface area contributed by atoms with Gasteiger partial charge in [0.15, 0.2) is 5.78 Å². The van der Waals surface area contributed by atoms with E-state index in [1.807, 2.05) is 0 Å². The topological polar surface area (TPSA) is 159 Å². The number of hydrogen-bond acceptors (Lipinski definition) is 5. The number of carbonyl (C=O) groups is 5. The third kappa shape index (κ3) is 17.1. The predicted molar refractivity (Wildman–Crippen MR) is 153 cm³/mol.